The van der Waals surface area contributed by atoms with E-state index in [2.05, 4.69) is 65.0 Å². The van der Waals surface area contributed by atoms with Crippen molar-refractivity contribution in [3.05, 3.63) is 95.0 Å². The number of amides is 1. The third kappa shape index (κ3) is 15.2. The molecular formula is C44H31N11O30S8. The molecule has 0 atom stereocenters. The second-order valence-corrected chi connectivity index (χ2v) is 27.8. The Kier molecular flexibility index (Phi) is 19.6. The number of hydrogen-bond donors (Lipinski definition) is 13. The molecule has 0 fully saturated rings. The largest absolute Gasteiger partial charge is 0.507 e. The number of carbonyl (C=O) groups excluding carboxylic acids is 1. The zero-order valence-electron chi connectivity index (χ0n) is 44.6. The van der Waals surface area contributed by atoms with Crippen LogP contribution in [0.4, 0.5) is 62.6 Å². The molecule has 8 aromatic carbocycles. The Morgan fingerprint density at radius 2 is 1.04 bits per heavy atom. The van der Waals surface area contributed by atoms with Crippen LogP contribution in [0.1, 0.15) is 6.92 Å². The predicted octanol–water partition coefficient (Wildman–Crippen LogP) is 9.71. The number of aromatic hydroxyl groups is 3. The van der Waals surface area contributed by atoms with E-state index in [-0.39, 0.29) is 24.1 Å². The molecule has 49 heteroatoms. The lowest BCUT2D eigenvalue weighted by atomic mass is 10.0. The van der Waals surface area contributed by atoms with E-state index in [9.17, 15) is 108 Å². The number of azo groups is 4. The molecule has 14 N–H and O–H groups in total. The summed E-state index contributed by atoms with van der Waals surface area (Å²) >= 11 is -0.00400. The van der Waals surface area contributed by atoms with Gasteiger partial charge in [0.25, 0.3) is 66.4 Å². The van der Waals surface area contributed by atoms with Gasteiger partial charge in [-0.05, 0) is 72.1 Å². The van der Waals surface area contributed by atoms with Gasteiger partial charge < -0.3 is 26.4 Å². The number of benzene rings is 8. The molecule has 0 aromatic heterocycles. The quantitative estimate of drug-likeness (QED) is 0.00570. The number of nitro groups is 1. The molecule has 0 radical (unpaired) electrons. The lowest BCUT2D eigenvalue weighted by Gasteiger charge is -2.15. The Bertz CT molecular complexity index is 5400. The Labute approximate surface area is 525 Å². The number of rotatable bonds is 22. The SMILES string of the molecule is CC(=O)Nc1cc(N=Nc2c(S(=O)(=O)O)cc3c(S(=O)(=O)O)c(N=Nc4cc(S(=O)(=O)O)c5cc(SOOO)c(N=Nc6ccc([N+](=O)[O-])cc6S(=O)(=O)O)c(O)c5c4N)ccc3c2O)c(SOOO)cc1N=Nc1cc(S(=O)(=O)O)cc2cc(S(=O)(=O)O)cc(O)c12. The standard InChI is InChI=1S/C44H31N11O30S8/c1-16(56)46-26-13-28(32(86-84-82-62)14-27(26)49-51-29-9-19(88(64,65)66)6-17-7-20(89(67,68)69)10-31(57)37(17)29)50-54-41-36(92(76,77)78)12-22-21(42(41)58)3-5-25(44(22)93(79,80)81)48-52-30-15-34(90(70,71)72)23-11-33(87-85-83-63)40(43(59)38(23)39(30)45)53-47-24-4-2-18(55(60)61)8-35(24)91(73,74)75/h2-15,57-59,62-63H,45H2,1H3,(H,46,56)(H,64,65,66)(H,67,68,69)(H,70,71,72)(H,73,74,75)(H,76,77,78)(H,79,80,81). The summed E-state index contributed by atoms with van der Waals surface area (Å²) in [4.78, 5) is 14.5. The molecule has 490 valence electrons. The normalized spacial score (nSPS) is 13.0. The number of nitrogens with two attached hydrogens (primary N) is 1. The molecule has 0 unspecified atom stereocenters. The van der Waals surface area contributed by atoms with Crippen LogP contribution < -0.4 is 11.1 Å². The monoisotopic (exact) mass is 1450 g/mol. The van der Waals surface area contributed by atoms with E-state index in [1.807, 2.05) is 0 Å². The average Bonchev–Trinajstić information content (AvgIpc) is 0.757. The van der Waals surface area contributed by atoms with Gasteiger partial charge in [-0.1, -0.05) is 10.1 Å². The minimum absolute atomic E-state index is 0.0520. The summed E-state index contributed by atoms with van der Waals surface area (Å²) in [5, 5.41) is 98.8. The minimum Gasteiger partial charge on any atom is -0.507 e. The van der Waals surface area contributed by atoms with Crippen molar-refractivity contribution >= 4 is 186 Å². The van der Waals surface area contributed by atoms with Gasteiger partial charge in [-0.15, -0.1) is 49.6 Å². The molecule has 0 spiro atoms. The van der Waals surface area contributed by atoms with E-state index in [1.54, 1.807) is 0 Å². The third-order valence-electron chi connectivity index (χ3n) is 12.0. The van der Waals surface area contributed by atoms with E-state index in [1.165, 1.54) is 0 Å². The summed E-state index contributed by atoms with van der Waals surface area (Å²) in [6.45, 7) is 0.964. The van der Waals surface area contributed by atoms with Crippen LogP contribution in [0.5, 0.6) is 17.2 Å². The molecule has 0 heterocycles. The number of phenolic OH excluding ortho intramolecular Hbond substituents is 3. The van der Waals surface area contributed by atoms with Gasteiger partial charge in [0.1, 0.15) is 65.1 Å². The number of hydrogen-bond acceptors (Lipinski definition) is 35. The molecule has 0 aliphatic heterocycles. The second kappa shape index (κ2) is 26.1. The van der Waals surface area contributed by atoms with Gasteiger partial charge in [-0.2, -0.15) is 50.5 Å². The van der Waals surface area contributed by atoms with Gasteiger partial charge in [0.2, 0.25) is 5.91 Å². The number of nitrogens with zero attached hydrogens (tertiary/aromatic N) is 9. The zero-order chi connectivity index (χ0) is 68.8. The summed E-state index contributed by atoms with van der Waals surface area (Å²) in [5.41, 5.74) is -2.39. The Hall–Kier alpha value is -9.07. The number of nitrogens with one attached hydrogen (secondary N) is 1. The van der Waals surface area contributed by atoms with Gasteiger partial charge in [0, 0.05) is 41.3 Å². The van der Waals surface area contributed by atoms with Crippen LogP contribution in [-0.2, 0) is 84.2 Å². The van der Waals surface area contributed by atoms with Crippen LogP contribution in [0.3, 0.4) is 0 Å². The van der Waals surface area contributed by atoms with Gasteiger partial charge in [-0.25, -0.2) is 10.5 Å². The summed E-state index contributed by atoms with van der Waals surface area (Å²) in [5.74, 6) is -4.43. The number of carbonyl (C=O) groups is 1. The molecule has 0 saturated carbocycles. The number of anilines is 2. The van der Waals surface area contributed by atoms with Gasteiger partial charge in [0.15, 0.2) is 11.5 Å². The molecule has 0 aliphatic rings. The second-order valence-electron chi connectivity index (χ2n) is 17.9. The van der Waals surface area contributed by atoms with Crippen molar-refractivity contribution in [3.63, 3.8) is 0 Å². The fourth-order valence-electron chi connectivity index (χ4n) is 8.29. The molecular weight excluding hydrogens is 1420 g/mol. The maximum atomic E-state index is 13.3. The van der Waals surface area contributed by atoms with Crippen molar-refractivity contribution in [2.45, 2.75) is 46.1 Å². The van der Waals surface area contributed by atoms with E-state index in [4.69, 9.17) is 16.2 Å². The van der Waals surface area contributed by atoms with E-state index in [0.717, 1.165) is 37.3 Å². The summed E-state index contributed by atoms with van der Waals surface area (Å²) in [7, 11) is -32.5. The Morgan fingerprint density at radius 1 is 0.505 bits per heavy atom. The van der Waals surface area contributed by atoms with Crippen molar-refractivity contribution in [2.24, 2.45) is 40.9 Å². The van der Waals surface area contributed by atoms with Crippen molar-refractivity contribution in [1.82, 2.24) is 0 Å². The van der Waals surface area contributed by atoms with Crippen LogP contribution in [0.25, 0.3) is 32.3 Å². The maximum Gasteiger partial charge on any atom is 0.297 e. The number of phenols is 3. The van der Waals surface area contributed by atoms with Gasteiger partial charge in [-0.3, -0.25) is 42.2 Å². The Morgan fingerprint density at radius 3 is 1.61 bits per heavy atom. The summed E-state index contributed by atoms with van der Waals surface area (Å²) in [6, 6.07) is 9.11. The fraction of sp³-hybridized carbons (Fsp3) is 0.0227. The lowest BCUT2D eigenvalue weighted by Crippen LogP contribution is -2.06. The van der Waals surface area contributed by atoms with Crippen molar-refractivity contribution in [2.75, 3.05) is 11.1 Å². The zero-order valence-corrected chi connectivity index (χ0v) is 51.2. The van der Waals surface area contributed by atoms with Crippen LogP contribution in [0.15, 0.2) is 165 Å². The molecule has 8 rings (SSSR count). The highest BCUT2D eigenvalue weighted by atomic mass is 32.2. The van der Waals surface area contributed by atoms with Gasteiger partial charge in [0.05, 0.1) is 76.4 Å². The summed E-state index contributed by atoms with van der Waals surface area (Å²) in [6.07, 6.45) is 0. The predicted molar refractivity (Wildman–Crippen MR) is 312 cm³/mol. The topological polar surface area (TPSA) is 661 Å². The highest BCUT2D eigenvalue weighted by molar-refractivity contribution is 7.95. The molecule has 41 nitrogen and oxygen atoms in total. The number of nitrogen functional groups attached to an aromatic ring is 1. The molecule has 93 heavy (non-hydrogen) atoms. The lowest BCUT2D eigenvalue weighted by molar-refractivity contribution is -0.432. The number of non-ortho nitro benzene ring substituents is 1. The van der Waals surface area contributed by atoms with Crippen LogP contribution >= 0.6 is 24.1 Å². The number of fused-ring (bicyclic) bond motifs is 3. The van der Waals surface area contributed by atoms with Crippen LogP contribution in [0.2, 0.25) is 0 Å². The van der Waals surface area contributed by atoms with E-state index < -0.39 is 223 Å². The van der Waals surface area contributed by atoms with Crippen molar-refractivity contribution < 1.29 is 132 Å². The molecule has 1 amide bonds. The average molecular weight is 1450 g/mol. The van der Waals surface area contributed by atoms with Crippen LogP contribution in [0, 0.1) is 10.1 Å². The van der Waals surface area contributed by atoms with Crippen LogP contribution in [-0.4, -0.2) is 114 Å². The smallest absolute Gasteiger partial charge is 0.297 e. The fourth-order valence-corrected chi connectivity index (χ4v) is 13.1. The molecule has 0 saturated heterocycles. The van der Waals surface area contributed by atoms with Crippen molar-refractivity contribution in [3.8, 4) is 17.2 Å². The molecule has 0 aliphatic carbocycles. The first-order chi connectivity index (χ1) is 43.1. The summed E-state index contributed by atoms with van der Waals surface area (Å²) < 4.78 is 221. The number of nitro benzene ring substituents is 1. The molecule has 8 aromatic rings. The highest BCUT2D eigenvalue weighted by Crippen LogP contribution is 2.52. The van der Waals surface area contributed by atoms with Gasteiger partial charge >= 0.3 is 0 Å². The first-order valence-corrected chi connectivity index (χ1v) is 33.6. The minimum atomic E-state index is -5.78. The van der Waals surface area contributed by atoms with E-state index in [0.29, 0.717) is 54.6 Å². The Balaban J connectivity index is 1.28. The van der Waals surface area contributed by atoms with E-state index >= 15 is 0 Å². The maximum absolute atomic E-state index is 13.3. The van der Waals surface area contributed by atoms with Crippen molar-refractivity contribution in [1.29, 1.82) is 0 Å². The third-order valence-corrected chi connectivity index (χ3v) is 18.5. The highest BCUT2D eigenvalue weighted by Gasteiger charge is 2.31. The first-order valence-electron chi connectivity index (χ1n) is 23.4. The first kappa shape index (κ1) is 69.8. The molecule has 0 bridgehead atoms.